The van der Waals surface area contributed by atoms with E-state index in [0.717, 1.165) is 16.7 Å². The molecular weight excluding hydrogens is 521 g/mol. The molecule has 37 heavy (non-hydrogen) atoms. The lowest BCUT2D eigenvalue weighted by molar-refractivity contribution is -0.276. The number of halogens is 2. The van der Waals surface area contributed by atoms with Gasteiger partial charge in [0, 0.05) is 23.6 Å². The highest BCUT2D eigenvalue weighted by Crippen LogP contribution is 2.42. The Morgan fingerprint density at radius 3 is 2.30 bits per heavy atom. The molecule has 0 aliphatic carbocycles. The molecular formula is C26H27Cl2N3O6. The fraction of sp³-hybridized carbons (Fsp3) is 0.346. The fourth-order valence-electron chi connectivity index (χ4n) is 4.16. The number of aliphatic carboxylic acids is 1. The van der Waals surface area contributed by atoms with Crippen LogP contribution in [0.5, 0.6) is 0 Å². The standard InChI is InChI=1S/C26H27Cl2N3O6/c1-15-20(12-31-14-29-24(27)25(31)28)36-26(37-23(15)17-4-2-16(13-32)3-5-17)18-6-8-19(9-7-18)30-21(33)10-11-22(34)35/h2-9,14-15,20,23,26,32H,10-13H2,1H3,(H,30,33)(H,34,35)/t15-,20+,23+,26+/m0/s1. The fourth-order valence-corrected chi connectivity index (χ4v) is 4.47. The lowest BCUT2D eigenvalue weighted by Crippen LogP contribution is -2.39. The summed E-state index contributed by atoms with van der Waals surface area (Å²) in [5.74, 6) is -1.47. The first-order chi connectivity index (χ1) is 17.7. The Kier molecular flexibility index (Phi) is 8.83. The number of aliphatic hydroxyl groups excluding tert-OH is 1. The van der Waals surface area contributed by atoms with Gasteiger partial charge < -0.3 is 29.6 Å². The molecule has 0 saturated carbocycles. The zero-order valence-corrected chi connectivity index (χ0v) is 21.5. The van der Waals surface area contributed by atoms with E-state index >= 15 is 0 Å². The highest BCUT2D eigenvalue weighted by atomic mass is 35.5. The molecule has 3 aromatic rings. The van der Waals surface area contributed by atoms with Crippen molar-refractivity contribution in [3.63, 3.8) is 0 Å². The number of anilines is 1. The third-order valence-electron chi connectivity index (χ3n) is 6.27. The summed E-state index contributed by atoms with van der Waals surface area (Å²) >= 11 is 12.3. The molecule has 1 aliphatic rings. The normalized spacial score (nSPS) is 21.5. The summed E-state index contributed by atoms with van der Waals surface area (Å²) in [6, 6.07) is 14.6. The van der Waals surface area contributed by atoms with Crippen LogP contribution >= 0.6 is 23.2 Å². The van der Waals surface area contributed by atoms with Crippen molar-refractivity contribution in [3.8, 4) is 0 Å². The molecule has 196 valence electrons. The van der Waals surface area contributed by atoms with Crippen LogP contribution in [0, 0.1) is 5.92 Å². The molecule has 0 bridgehead atoms. The number of nitrogens with one attached hydrogen (secondary N) is 1. The molecule has 0 radical (unpaired) electrons. The first-order valence-electron chi connectivity index (χ1n) is 11.7. The number of amides is 1. The van der Waals surface area contributed by atoms with Crippen LogP contribution in [0.2, 0.25) is 10.3 Å². The Labute approximate surface area is 223 Å². The number of hydrogen-bond acceptors (Lipinski definition) is 6. The molecule has 2 heterocycles. The number of carboxylic acid groups (broad SMARTS) is 1. The number of ether oxygens (including phenoxy) is 2. The van der Waals surface area contributed by atoms with Crippen molar-refractivity contribution in [1.29, 1.82) is 0 Å². The van der Waals surface area contributed by atoms with Crippen LogP contribution in [0.4, 0.5) is 5.69 Å². The average Bonchev–Trinajstić information content (AvgIpc) is 3.21. The number of nitrogens with zero attached hydrogens (tertiary/aromatic N) is 2. The second-order valence-corrected chi connectivity index (χ2v) is 9.58. The largest absolute Gasteiger partial charge is 0.481 e. The van der Waals surface area contributed by atoms with Gasteiger partial charge in [0.25, 0.3) is 0 Å². The van der Waals surface area contributed by atoms with Gasteiger partial charge in [0.1, 0.15) is 5.15 Å². The molecule has 0 unspecified atom stereocenters. The predicted octanol–water partition coefficient (Wildman–Crippen LogP) is 4.98. The summed E-state index contributed by atoms with van der Waals surface area (Å²) in [7, 11) is 0. The predicted molar refractivity (Wildman–Crippen MR) is 137 cm³/mol. The van der Waals surface area contributed by atoms with Crippen molar-refractivity contribution >= 4 is 40.8 Å². The monoisotopic (exact) mass is 547 g/mol. The summed E-state index contributed by atoms with van der Waals surface area (Å²) in [5, 5.41) is 21.4. The average molecular weight is 548 g/mol. The maximum absolute atomic E-state index is 12.0. The van der Waals surface area contributed by atoms with Gasteiger partial charge in [-0.15, -0.1) is 0 Å². The molecule has 3 N–H and O–H groups in total. The molecule has 0 spiro atoms. The molecule has 9 nitrogen and oxygen atoms in total. The lowest BCUT2D eigenvalue weighted by atomic mass is 9.90. The maximum atomic E-state index is 12.0. The number of carbonyl (C=O) groups is 2. The van der Waals surface area contributed by atoms with Crippen LogP contribution in [0.3, 0.4) is 0 Å². The van der Waals surface area contributed by atoms with Gasteiger partial charge in [-0.3, -0.25) is 9.59 Å². The second-order valence-electron chi connectivity index (χ2n) is 8.86. The molecule has 1 aromatic heterocycles. The molecule has 4 atom stereocenters. The van der Waals surface area contributed by atoms with E-state index in [-0.39, 0.29) is 48.6 Å². The number of benzene rings is 2. The minimum atomic E-state index is -1.03. The smallest absolute Gasteiger partial charge is 0.303 e. The first kappa shape index (κ1) is 27.1. The molecule has 11 heteroatoms. The highest BCUT2D eigenvalue weighted by molar-refractivity contribution is 6.40. The van der Waals surface area contributed by atoms with Crippen LogP contribution in [-0.2, 0) is 32.2 Å². The van der Waals surface area contributed by atoms with Crippen molar-refractivity contribution in [3.05, 3.63) is 81.9 Å². The van der Waals surface area contributed by atoms with Crippen LogP contribution in [0.15, 0.2) is 54.9 Å². The zero-order valence-electron chi connectivity index (χ0n) is 20.0. The Morgan fingerprint density at radius 2 is 1.70 bits per heavy atom. The number of carbonyl (C=O) groups excluding carboxylic acids is 1. The summed E-state index contributed by atoms with van der Waals surface area (Å²) in [6.07, 6.45) is -0.108. The van der Waals surface area contributed by atoms with Crippen LogP contribution in [-0.4, -0.2) is 37.7 Å². The molecule has 1 saturated heterocycles. The number of hydrogen-bond donors (Lipinski definition) is 3. The van der Waals surface area contributed by atoms with Crippen molar-refractivity contribution in [2.45, 2.75) is 51.4 Å². The van der Waals surface area contributed by atoms with Crippen molar-refractivity contribution in [2.24, 2.45) is 5.92 Å². The number of aliphatic hydroxyl groups is 1. The van der Waals surface area contributed by atoms with Crippen LogP contribution < -0.4 is 5.32 Å². The van der Waals surface area contributed by atoms with Gasteiger partial charge in [0.2, 0.25) is 5.91 Å². The van der Waals surface area contributed by atoms with Crippen molar-refractivity contribution in [1.82, 2.24) is 9.55 Å². The van der Waals surface area contributed by atoms with E-state index < -0.39 is 12.3 Å². The van der Waals surface area contributed by atoms with Gasteiger partial charge in [-0.1, -0.05) is 66.5 Å². The third-order valence-corrected chi connectivity index (χ3v) is 7.03. The summed E-state index contributed by atoms with van der Waals surface area (Å²) in [5.41, 5.74) is 3.03. The highest BCUT2D eigenvalue weighted by Gasteiger charge is 2.38. The number of aromatic nitrogens is 2. The quantitative estimate of drug-likeness (QED) is 0.345. The van der Waals surface area contributed by atoms with Gasteiger partial charge in [0.15, 0.2) is 11.4 Å². The van der Waals surface area contributed by atoms with E-state index in [1.54, 1.807) is 35.2 Å². The Morgan fingerprint density at radius 1 is 1.03 bits per heavy atom. The number of rotatable bonds is 9. The molecule has 4 rings (SSSR count). The van der Waals surface area contributed by atoms with Gasteiger partial charge in [-0.25, -0.2) is 4.98 Å². The SMILES string of the molecule is C[C@H]1[C@@H](Cn2cnc(Cl)c2Cl)O[C@@H](c2ccc(NC(=O)CCC(=O)O)cc2)O[C@H]1c1ccc(CO)cc1. The summed E-state index contributed by atoms with van der Waals surface area (Å²) in [6.45, 7) is 2.39. The van der Waals surface area contributed by atoms with Crippen molar-refractivity contribution in [2.75, 3.05) is 5.32 Å². The van der Waals surface area contributed by atoms with Gasteiger partial charge in [0.05, 0.1) is 38.1 Å². The Hall–Kier alpha value is -2.95. The van der Waals surface area contributed by atoms with Crippen molar-refractivity contribution < 1.29 is 29.3 Å². The zero-order chi connectivity index (χ0) is 26.5. The Bertz CT molecular complexity index is 1230. The van der Waals surface area contributed by atoms with Crippen LogP contribution in [0.1, 0.15) is 48.8 Å². The first-order valence-corrected chi connectivity index (χ1v) is 12.5. The summed E-state index contributed by atoms with van der Waals surface area (Å²) < 4.78 is 14.5. The van der Waals surface area contributed by atoms with E-state index in [1.165, 1.54) is 0 Å². The lowest BCUT2D eigenvalue weighted by Gasteiger charge is -2.41. The topological polar surface area (TPSA) is 123 Å². The number of carboxylic acids is 1. The van der Waals surface area contributed by atoms with E-state index in [0.29, 0.717) is 17.4 Å². The summed E-state index contributed by atoms with van der Waals surface area (Å²) in [4.78, 5) is 26.7. The molecule has 1 fully saturated rings. The molecule has 1 aliphatic heterocycles. The van der Waals surface area contributed by atoms with Gasteiger partial charge in [-0.05, 0) is 23.3 Å². The third kappa shape index (κ3) is 6.68. The van der Waals surface area contributed by atoms with E-state index in [2.05, 4.69) is 10.3 Å². The van der Waals surface area contributed by atoms with Gasteiger partial charge >= 0.3 is 5.97 Å². The molecule has 2 aromatic carbocycles. The molecule has 1 amide bonds. The number of imidazole rings is 1. The Balaban J connectivity index is 1.55. The van der Waals surface area contributed by atoms with E-state index in [9.17, 15) is 14.7 Å². The minimum absolute atomic E-state index is 0.0468. The van der Waals surface area contributed by atoms with Gasteiger partial charge in [-0.2, -0.15) is 0 Å². The second kappa shape index (κ2) is 12.1. The van der Waals surface area contributed by atoms with Crippen LogP contribution in [0.25, 0.3) is 0 Å². The minimum Gasteiger partial charge on any atom is -0.481 e. The maximum Gasteiger partial charge on any atom is 0.303 e. The van der Waals surface area contributed by atoms with E-state index in [1.807, 2.05) is 31.2 Å². The van der Waals surface area contributed by atoms with E-state index in [4.69, 9.17) is 37.8 Å².